The Kier molecular flexibility index (Phi) is 4.82. The number of benzene rings is 2. The van der Waals surface area contributed by atoms with Crippen molar-refractivity contribution in [2.45, 2.75) is 17.8 Å². The highest BCUT2D eigenvalue weighted by molar-refractivity contribution is 6.33. The van der Waals surface area contributed by atoms with Crippen LogP contribution in [-0.4, -0.2) is 12.4 Å². The molecule has 0 bridgehead atoms. The molecule has 0 saturated carbocycles. The highest BCUT2D eigenvalue weighted by atomic mass is 35.5. The molecule has 2 rings (SSSR count). The van der Waals surface area contributed by atoms with Crippen LogP contribution in [0.25, 0.3) is 0 Å². The lowest BCUT2D eigenvalue weighted by Crippen LogP contribution is -2.54. The SMILES string of the molecule is Nc1ccc(C(c2ccc(N)c(Cl)c2)(C(F)(F)F)C(F)(F)F)cc1Cl. The fourth-order valence-corrected chi connectivity index (χ4v) is 2.86. The summed E-state index contributed by atoms with van der Waals surface area (Å²) in [5.41, 5.74) is 3.88. The minimum absolute atomic E-state index is 0.154. The van der Waals surface area contributed by atoms with Crippen molar-refractivity contribution in [3.8, 4) is 0 Å². The molecule has 2 nitrogen and oxygen atoms in total. The molecule has 0 unspecified atom stereocenters. The molecule has 0 amide bonds. The van der Waals surface area contributed by atoms with Gasteiger partial charge in [-0.15, -0.1) is 0 Å². The van der Waals surface area contributed by atoms with E-state index in [1.54, 1.807) is 0 Å². The van der Waals surface area contributed by atoms with Crippen molar-refractivity contribution in [1.29, 1.82) is 0 Å². The van der Waals surface area contributed by atoms with E-state index in [1.165, 1.54) is 0 Å². The molecule has 0 aliphatic carbocycles. The second-order valence-corrected chi connectivity index (χ2v) is 6.03. The van der Waals surface area contributed by atoms with Gasteiger partial charge in [-0.25, -0.2) is 0 Å². The van der Waals surface area contributed by atoms with Crippen LogP contribution in [0.1, 0.15) is 11.1 Å². The van der Waals surface area contributed by atoms with Crippen LogP contribution in [0.4, 0.5) is 37.7 Å². The Balaban J connectivity index is 2.96. The van der Waals surface area contributed by atoms with E-state index in [2.05, 4.69) is 0 Å². The summed E-state index contributed by atoms with van der Waals surface area (Å²) in [6, 6.07) is 4.11. The van der Waals surface area contributed by atoms with Crippen LogP contribution in [0.3, 0.4) is 0 Å². The third-order valence-electron chi connectivity index (χ3n) is 3.72. The maximum atomic E-state index is 13.8. The van der Waals surface area contributed by atoms with Crippen molar-refractivity contribution in [3.05, 3.63) is 57.6 Å². The Hall–Kier alpha value is -1.80. The summed E-state index contributed by atoms with van der Waals surface area (Å²) in [4.78, 5) is 0. The number of nitrogen functional groups attached to an aromatic ring is 2. The first kappa shape index (κ1) is 19.5. The van der Waals surface area contributed by atoms with Crippen LogP contribution in [0.2, 0.25) is 10.0 Å². The quantitative estimate of drug-likeness (QED) is 0.509. The molecule has 0 aliphatic heterocycles. The summed E-state index contributed by atoms with van der Waals surface area (Å²) >= 11 is 11.3. The van der Waals surface area contributed by atoms with Crippen molar-refractivity contribution in [2.75, 3.05) is 11.5 Å². The maximum absolute atomic E-state index is 13.8. The molecule has 0 aliphatic rings. The van der Waals surface area contributed by atoms with E-state index in [0.717, 1.165) is 12.1 Å². The summed E-state index contributed by atoms with van der Waals surface area (Å²) in [5.74, 6) is 0. The predicted octanol–water partition coefficient (Wildman–Crippen LogP) is 5.57. The minimum Gasteiger partial charge on any atom is -0.398 e. The van der Waals surface area contributed by atoms with Crippen molar-refractivity contribution in [3.63, 3.8) is 0 Å². The Morgan fingerprint density at radius 1 is 0.640 bits per heavy atom. The van der Waals surface area contributed by atoms with Crippen molar-refractivity contribution >= 4 is 34.6 Å². The molecule has 0 heterocycles. The molecule has 4 N–H and O–H groups in total. The standard InChI is InChI=1S/C15H10Cl2F6N2/c16-9-5-7(1-3-11(9)24)13(14(18,19)20,15(21,22)23)8-2-4-12(25)10(17)6-8/h1-6H,24-25H2. The smallest absolute Gasteiger partial charge is 0.398 e. The molecule has 136 valence electrons. The van der Waals surface area contributed by atoms with Gasteiger partial charge in [-0.3, -0.25) is 0 Å². The van der Waals surface area contributed by atoms with Gasteiger partial charge < -0.3 is 11.5 Å². The third kappa shape index (κ3) is 3.08. The second-order valence-electron chi connectivity index (χ2n) is 5.22. The van der Waals surface area contributed by atoms with Gasteiger partial charge in [-0.05, 0) is 35.4 Å². The number of rotatable bonds is 2. The zero-order chi connectivity index (χ0) is 19.2. The van der Waals surface area contributed by atoms with Gasteiger partial charge in [-0.2, -0.15) is 26.3 Å². The summed E-state index contributed by atoms with van der Waals surface area (Å²) in [5, 5.41) is -0.867. The minimum atomic E-state index is -5.75. The van der Waals surface area contributed by atoms with Gasteiger partial charge in [0.15, 0.2) is 0 Å². The van der Waals surface area contributed by atoms with Crippen LogP contribution in [0.15, 0.2) is 36.4 Å². The highest BCUT2D eigenvalue weighted by Gasteiger charge is 2.72. The van der Waals surface area contributed by atoms with Gasteiger partial charge in [0.05, 0.1) is 21.4 Å². The number of alkyl halides is 6. The van der Waals surface area contributed by atoms with Gasteiger partial charge in [0.1, 0.15) is 0 Å². The fraction of sp³-hybridized carbons (Fsp3) is 0.200. The number of anilines is 2. The Bertz CT molecular complexity index is 734. The second kappa shape index (κ2) is 6.17. The van der Waals surface area contributed by atoms with Crippen LogP contribution in [-0.2, 0) is 5.41 Å². The normalized spacial score (nSPS) is 13.1. The molecule has 2 aromatic rings. The van der Waals surface area contributed by atoms with Crippen LogP contribution >= 0.6 is 23.2 Å². The lowest BCUT2D eigenvalue weighted by Gasteiger charge is -2.38. The van der Waals surface area contributed by atoms with E-state index in [0.29, 0.717) is 24.3 Å². The Morgan fingerprint density at radius 2 is 0.960 bits per heavy atom. The first-order valence-electron chi connectivity index (χ1n) is 6.57. The van der Waals surface area contributed by atoms with E-state index < -0.39 is 38.9 Å². The van der Waals surface area contributed by atoms with E-state index in [-0.39, 0.29) is 11.4 Å². The molecule has 25 heavy (non-hydrogen) atoms. The van der Waals surface area contributed by atoms with Crippen LogP contribution in [0.5, 0.6) is 0 Å². The molecule has 10 heteroatoms. The Labute approximate surface area is 148 Å². The maximum Gasteiger partial charge on any atom is 0.411 e. The summed E-state index contributed by atoms with van der Waals surface area (Å²) in [6.45, 7) is 0. The third-order valence-corrected chi connectivity index (χ3v) is 4.37. The lowest BCUT2D eigenvalue weighted by atomic mass is 9.73. The molecule has 2 aromatic carbocycles. The zero-order valence-electron chi connectivity index (χ0n) is 12.1. The Morgan fingerprint density at radius 3 is 1.20 bits per heavy atom. The van der Waals surface area contributed by atoms with Crippen LogP contribution in [0, 0.1) is 0 Å². The average molecular weight is 403 g/mol. The van der Waals surface area contributed by atoms with Gasteiger partial charge in [-0.1, -0.05) is 35.3 Å². The van der Waals surface area contributed by atoms with Gasteiger partial charge in [0.25, 0.3) is 0 Å². The molecule has 0 spiro atoms. The van der Waals surface area contributed by atoms with Crippen molar-refractivity contribution in [1.82, 2.24) is 0 Å². The van der Waals surface area contributed by atoms with Gasteiger partial charge in [0, 0.05) is 0 Å². The molecular weight excluding hydrogens is 393 g/mol. The average Bonchev–Trinajstić information content (AvgIpc) is 2.44. The predicted molar refractivity (Wildman–Crippen MR) is 84.6 cm³/mol. The van der Waals surface area contributed by atoms with E-state index in [9.17, 15) is 26.3 Å². The van der Waals surface area contributed by atoms with Crippen molar-refractivity contribution < 1.29 is 26.3 Å². The highest BCUT2D eigenvalue weighted by Crippen LogP contribution is 2.57. The first-order valence-corrected chi connectivity index (χ1v) is 7.32. The van der Waals surface area contributed by atoms with Gasteiger partial charge >= 0.3 is 12.4 Å². The largest absolute Gasteiger partial charge is 0.411 e. The number of hydrogen-bond acceptors (Lipinski definition) is 2. The number of nitrogens with two attached hydrogens (primary N) is 2. The molecule has 0 saturated heterocycles. The molecule has 0 atom stereocenters. The molecule has 0 aromatic heterocycles. The van der Waals surface area contributed by atoms with E-state index in [4.69, 9.17) is 34.7 Å². The van der Waals surface area contributed by atoms with Crippen molar-refractivity contribution in [2.24, 2.45) is 0 Å². The molecule has 0 radical (unpaired) electrons. The van der Waals surface area contributed by atoms with E-state index in [1.807, 2.05) is 0 Å². The summed E-state index contributed by atoms with van der Waals surface area (Å²) in [7, 11) is 0. The first-order chi connectivity index (χ1) is 11.3. The van der Waals surface area contributed by atoms with E-state index >= 15 is 0 Å². The zero-order valence-corrected chi connectivity index (χ0v) is 13.7. The lowest BCUT2D eigenvalue weighted by molar-refractivity contribution is -0.288. The van der Waals surface area contributed by atoms with Crippen LogP contribution < -0.4 is 11.5 Å². The monoisotopic (exact) mass is 402 g/mol. The topological polar surface area (TPSA) is 52.0 Å². The molecule has 0 fully saturated rings. The summed E-state index contributed by atoms with van der Waals surface area (Å²) < 4.78 is 83.0. The van der Waals surface area contributed by atoms with Gasteiger partial charge in [0.2, 0.25) is 5.41 Å². The number of halogens is 8. The number of hydrogen-bond donors (Lipinski definition) is 2. The molecular formula is C15H10Cl2F6N2. The summed E-state index contributed by atoms with van der Waals surface area (Å²) in [6.07, 6.45) is -11.5. The fourth-order valence-electron chi connectivity index (χ4n) is 2.50.